The third-order valence-corrected chi connectivity index (χ3v) is 4.95. The van der Waals surface area contributed by atoms with Crippen molar-refractivity contribution in [2.24, 2.45) is 0 Å². The van der Waals surface area contributed by atoms with Gasteiger partial charge < -0.3 is 4.74 Å². The molecule has 1 saturated heterocycles. The van der Waals surface area contributed by atoms with E-state index in [4.69, 9.17) is 4.74 Å². The van der Waals surface area contributed by atoms with E-state index in [1.54, 1.807) is 18.2 Å². The molecule has 4 rings (SSSR count). The van der Waals surface area contributed by atoms with E-state index in [-0.39, 0.29) is 5.91 Å². The lowest BCUT2D eigenvalue weighted by molar-refractivity contribution is -0.146. The Morgan fingerprint density at radius 1 is 0.960 bits per heavy atom. The van der Waals surface area contributed by atoms with Crippen LogP contribution in [-0.2, 0) is 15.1 Å². The Balaban J connectivity index is 1.90. The van der Waals surface area contributed by atoms with Gasteiger partial charge in [0.1, 0.15) is 5.82 Å². The zero-order valence-electron chi connectivity index (χ0n) is 13.7. The fourth-order valence-corrected chi connectivity index (χ4v) is 3.71. The predicted molar refractivity (Wildman–Crippen MR) is 90.8 cm³/mol. The molecule has 2 heterocycles. The number of rotatable bonds is 1. The zero-order valence-corrected chi connectivity index (χ0v) is 13.7. The summed E-state index contributed by atoms with van der Waals surface area (Å²) in [7, 11) is 0. The monoisotopic (exact) mass is 339 g/mol. The van der Waals surface area contributed by atoms with Crippen molar-refractivity contribution in [3.05, 3.63) is 65.5 Å². The standard InChI is InChI=1S/C20H18FNO3/c21-14-8-10-15(11-9-14)22-18(23)16-6-2-3-7-17(16)20(19(22)24)12-4-1-5-13-25-20/h2-3,6-11H,1,4-5,12-13H2. The van der Waals surface area contributed by atoms with Crippen LogP contribution in [0, 0.1) is 5.82 Å². The number of anilines is 1. The third kappa shape index (κ3) is 2.46. The zero-order chi connectivity index (χ0) is 17.4. The molecular formula is C20H18FNO3. The lowest BCUT2D eigenvalue weighted by atomic mass is 9.80. The molecule has 1 fully saturated rings. The molecule has 0 aromatic heterocycles. The first-order valence-corrected chi connectivity index (χ1v) is 8.51. The topological polar surface area (TPSA) is 46.6 Å². The van der Waals surface area contributed by atoms with Gasteiger partial charge in [-0.05, 0) is 49.6 Å². The van der Waals surface area contributed by atoms with E-state index in [9.17, 15) is 14.0 Å². The summed E-state index contributed by atoms with van der Waals surface area (Å²) in [4.78, 5) is 27.5. The Morgan fingerprint density at radius 3 is 2.52 bits per heavy atom. The van der Waals surface area contributed by atoms with Gasteiger partial charge in [-0.1, -0.05) is 24.6 Å². The van der Waals surface area contributed by atoms with Crippen molar-refractivity contribution in [2.75, 3.05) is 11.5 Å². The van der Waals surface area contributed by atoms with Crippen molar-refractivity contribution >= 4 is 17.5 Å². The van der Waals surface area contributed by atoms with Crippen LogP contribution in [-0.4, -0.2) is 18.4 Å². The molecule has 1 spiro atoms. The summed E-state index contributed by atoms with van der Waals surface area (Å²) in [5, 5.41) is 0. The molecule has 128 valence electrons. The van der Waals surface area contributed by atoms with Crippen molar-refractivity contribution in [2.45, 2.75) is 31.3 Å². The minimum absolute atomic E-state index is 0.359. The molecule has 0 N–H and O–H groups in total. The highest BCUT2D eigenvalue weighted by molar-refractivity contribution is 6.27. The normalized spacial score (nSPS) is 23.5. The molecule has 0 saturated carbocycles. The number of carbonyl (C=O) groups is 2. The van der Waals surface area contributed by atoms with Crippen molar-refractivity contribution in [3.63, 3.8) is 0 Å². The van der Waals surface area contributed by atoms with Gasteiger partial charge in [0.05, 0.1) is 5.69 Å². The number of imide groups is 1. The molecular weight excluding hydrogens is 321 g/mol. The van der Waals surface area contributed by atoms with Gasteiger partial charge >= 0.3 is 0 Å². The molecule has 0 radical (unpaired) electrons. The van der Waals surface area contributed by atoms with Gasteiger partial charge in [0.15, 0.2) is 5.60 Å². The number of amides is 2. The molecule has 2 aromatic rings. The minimum Gasteiger partial charge on any atom is -0.360 e. The van der Waals surface area contributed by atoms with Gasteiger partial charge in [0, 0.05) is 17.7 Å². The maximum absolute atomic E-state index is 13.4. The maximum Gasteiger partial charge on any atom is 0.270 e. The molecule has 4 nitrogen and oxygen atoms in total. The average molecular weight is 339 g/mol. The first kappa shape index (κ1) is 16.0. The van der Waals surface area contributed by atoms with E-state index in [2.05, 4.69) is 0 Å². The van der Waals surface area contributed by atoms with Crippen molar-refractivity contribution in [1.82, 2.24) is 0 Å². The van der Waals surface area contributed by atoms with Crippen LogP contribution in [0.5, 0.6) is 0 Å². The van der Waals surface area contributed by atoms with Crippen LogP contribution in [0.15, 0.2) is 48.5 Å². The largest absolute Gasteiger partial charge is 0.360 e. The average Bonchev–Trinajstić information content (AvgIpc) is 2.89. The van der Waals surface area contributed by atoms with Crippen molar-refractivity contribution < 1.29 is 18.7 Å². The number of fused-ring (bicyclic) bond motifs is 2. The van der Waals surface area contributed by atoms with Crippen LogP contribution in [0.4, 0.5) is 10.1 Å². The SMILES string of the molecule is O=C1c2ccccc2C2(CCCCCO2)C(=O)N1c1ccc(F)cc1. The van der Waals surface area contributed by atoms with Gasteiger partial charge in [0.25, 0.3) is 11.8 Å². The van der Waals surface area contributed by atoms with Crippen molar-refractivity contribution in [3.8, 4) is 0 Å². The molecule has 1 unspecified atom stereocenters. The van der Waals surface area contributed by atoms with Gasteiger partial charge in [-0.15, -0.1) is 0 Å². The highest BCUT2D eigenvalue weighted by Gasteiger charge is 2.52. The summed E-state index contributed by atoms with van der Waals surface area (Å²) in [6.07, 6.45) is 3.27. The highest BCUT2D eigenvalue weighted by atomic mass is 19.1. The Morgan fingerprint density at radius 2 is 1.72 bits per heavy atom. The van der Waals surface area contributed by atoms with Crippen LogP contribution in [0.1, 0.15) is 41.6 Å². The fraction of sp³-hybridized carbons (Fsp3) is 0.300. The molecule has 25 heavy (non-hydrogen) atoms. The third-order valence-electron chi connectivity index (χ3n) is 4.95. The number of ether oxygens (including phenoxy) is 1. The van der Waals surface area contributed by atoms with Crippen LogP contribution >= 0.6 is 0 Å². The Labute approximate surface area is 145 Å². The Kier molecular flexibility index (Phi) is 3.88. The lowest BCUT2D eigenvalue weighted by Gasteiger charge is -2.41. The van der Waals surface area contributed by atoms with E-state index in [1.165, 1.54) is 24.3 Å². The molecule has 1 atom stereocenters. The number of halogens is 1. The van der Waals surface area contributed by atoms with Crippen LogP contribution in [0.25, 0.3) is 0 Å². The number of hydrogen-bond donors (Lipinski definition) is 0. The van der Waals surface area contributed by atoms with Gasteiger partial charge in [-0.2, -0.15) is 0 Å². The number of nitrogens with zero attached hydrogens (tertiary/aromatic N) is 1. The lowest BCUT2D eigenvalue weighted by Crippen LogP contribution is -2.56. The quantitative estimate of drug-likeness (QED) is 0.743. The van der Waals surface area contributed by atoms with Gasteiger partial charge in [-0.25, -0.2) is 9.29 Å². The number of hydrogen-bond acceptors (Lipinski definition) is 3. The Hall–Kier alpha value is -2.53. The smallest absolute Gasteiger partial charge is 0.270 e. The second kappa shape index (κ2) is 6.08. The van der Waals surface area contributed by atoms with Gasteiger partial charge in [-0.3, -0.25) is 9.59 Å². The summed E-state index contributed by atoms with van der Waals surface area (Å²) in [5.41, 5.74) is 0.326. The molecule has 5 heteroatoms. The molecule has 0 aliphatic carbocycles. The second-order valence-corrected chi connectivity index (χ2v) is 6.45. The highest BCUT2D eigenvalue weighted by Crippen LogP contribution is 2.43. The Bertz CT molecular complexity index is 823. The van der Waals surface area contributed by atoms with Crippen LogP contribution in [0.3, 0.4) is 0 Å². The summed E-state index contributed by atoms with van der Waals surface area (Å²) in [5.74, 6) is -1.20. The van der Waals surface area contributed by atoms with Crippen molar-refractivity contribution in [1.29, 1.82) is 0 Å². The molecule has 2 aliphatic rings. The van der Waals surface area contributed by atoms with E-state index in [0.29, 0.717) is 29.8 Å². The summed E-state index contributed by atoms with van der Waals surface area (Å²) < 4.78 is 19.4. The minimum atomic E-state index is -1.14. The second-order valence-electron chi connectivity index (χ2n) is 6.45. The molecule has 0 bridgehead atoms. The van der Waals surface area contributed by atoms with Gasteiger partial charge in [0.2, 0.25) is 0 Å². The fourth-order valence-electron chi connectivity index (χ4n) is 3.71. The summed E-state index contributed by atoms with van der Waals surface area (Å²) in [6.45, 7) is 0.478. The molecule has 2 amide bonds. The van der Waals surface area contributed by atoms with E-state index < -0.39 is 17.3 Å². The summed E-state index contributed by atoms with van der Waals surface area (Å²) >= 11 is 0. The first-order valence-electron chi connectivity index (χ1n) is 8.51. The van der Waals surface area contributed by atoms with Crippen LogP contribution < -0.4 is 4.90 Å². The maximum atomic E-state index is 13.4. The van der Waals surface area contributed by atoms with E-state index in [1.807, 2.05) is 6.07 Å². The van der Waals surface area contributed by atoms with Crippen LogP contribution in [0.2, 0.25) is 0 Å². The van der Waals surface area contributed by atoms with E-state index >= 15 is 0 Å². The number of carbonyl (C=O) groups excluding carboxylic acids is 2. The number of benzene rings is 2. The first-order chi connectivity index (χ1) is 12.1. The van der Waals surface area contributed by atoms with E-state index in [0.717, 1.165) is 24.2 Å². The summed E-state index contributed by atoms with van der Waals surface area (Å²) in [6, 6.07) is 12.5. The predicted octanol–water partition coefficient (Wildman–Crippen LogP) is 3.80. The molecule has 2 aliphatic heterocycles. The molecule has 2 aromatic carbocycles.